The molecule has 1 heteroatoms. The van der Waals surface area contributed by atoms with E-state index in [-0.39, 0.29) is 0 Å². The third-order valence-corrected chi connectivity index (χ3v) is 2.99. The highest BCUT2D eigenvalue weighted by Crippen LogP contribution is 2.28. The topological polar surface area (TPSA) is 26.0 Å². The van der Waals surface area contributed by atoms with E-state index in [1.54, 1.807) is 12.2 Å². The normalized spacial score (nSPS) is 10.3. The lowest BCUT2D eigenvalue weighted by Gasteiger charge is -2.09. The molecule has 0 saturated carbocycles. The lowest BCUT2D eigenvalue weighted by Crippen LogP contribution is -1.93. The number of hydrogen-bond donors (Lipinski definition) is 1. The molecule has 0 amide bonds. The second-order valence-corrected chi connectivity index (χ2v) is 4.23. The van der Waals surface area contributed by atoms with Gasteiger partial charge in [0.05, 0.1) is 0 Å². The van der Waals surface area contributed by atoms with E-state index >= 15 is 0 Å². The van der Waals surface area contributed by atoms with Crippen molar-refractivity contribution in [2.75, 3.05) is 5.73 Å². The average Bonchev–Trinajstić information content (AvgIpc) is 2.56. The SMILES string of the molecule is C=C/C=C(\C=C)c1cc(-c2ccccc2)ccc1N.CC. The predicted molar refractivity (Wildman–Crippen MR) is 96.0 cm³/mol. The van der Waals surface area contributed by atoms with Crippen molar-refractivity contribution in [3.05, 3.63) is 85.5 Å². The van der Waals surface area contributed by atoms with E-state index in [0.717, 1.165) is 22.4 Å². The maximum absolute atomic E-state index is 6.05. The standard InChI is InChI=1S/C18H17N.C2H6/c1-3-8-14(4-2)17-13-16(11-12-18(17)19)15-9-6-5-7-10-15;1-2/h3-13H,1-2,19H2;1-2H3/b14-8+;. The van der Waals surface area contributed by atoms with Crippen LogP contribution >= 0.6 is 0 Å². The van der Waals surface area contributed by atoms with E-state index < -0.39 is 0 Å². The molecule has 0 saturated heterocycles. The number of hydrogen-bond acceptors (Lipinski definition) is 1. The van der Waals surface area contributed by atoms with Crippen LogP contribution in [0.4, 0.5) is 5.69 Å². The Morgan fingerprint density at radius 3 is 2.19 bits per heavy atom. The molecule has 0 bridgehead atoms. The van der Waals surface area contributed by atoms with Gasteiger partial charge in [0.15, 0.2) is 0 Å². The maximum Gasteiger partial charge on any atom is 0.0394 e. The summed E-state index contributed by atoms with van der Waals surface area (Å²) in [6.07, 6.45) is 5.45. The van der Waals surface area contributed by atoms with Gasteiger partial charge < -0.3 is 5.73 Å². The Kier molecular flexibility index (Phi) is 6.76. The number of anilines is 1. The minimum Gasteiger partial charge on any atom is -0.398 e. The minimum absolute atomic E-state index is 0.743. The van der Waals surface area contributed by atoms with E-state index in [1.165, 1.54) is 5.56 Å². The molecule has 0 aliphatic heterocycles. The third-order valence-electron chi connectivity index (χ3n) is 2.99. The first-order chi connectivity index (χ1) is 10.3. The summed E-state index contributed by atoms with van der Waals surface area (Å²) in [6, 6.07) is 16.3. The Morgan fingerprint density at radius 2 is 1.62 bits per heavy atom. The Hall–Kier alpha value is -2.54. The van der Waals surface area contributed by atoms with Gasteiger partial charge in [0.25, 0.3) is 0 Å². The van der Waals surface area contributed by atoms with Crippen LogP contribution in [-0.4, -0.2) is 0 Å². The zero-order valence-corrected chi connectivity index (χ0v) is 12.8. The summed E-state index contributed by atoms with van der Waals surface area (Å²) < 4.78 is 0. The lowest BCUT2D eigenvalue weighted by atomic mass is 9.97. The van der Waals surface area contributed by atoms with E-state index in [0.29, 0.717) is 0 Å². The highest BCUT2D eigenvalue weighted by Gasteiger charge is 2.05. The molecule has 0 spiro atoms. The van der Waals surface area contributed by atoms with E-state index in [9.17, 15) is 0 Å². The van der Waals surface area contributed by atoms with Crippen LogP contribution in [0.5, 0.6) is 0 Å². The predicted octanol–water partition coefficient (Wildman–Crippen LogP) is 5.72. The number of allylic oxidation sites excluding steroid dienone is 4. The summed E-state index contributed by atoms with van der Waals surface area (Å²) in [5, 5.41) is 0. The zero-order valence-electron chi connectivity index (χ0n) is 12.8. The van der Waals surface area contributed by atoms with Gasteiger partial charge in [-0.05, 0) is 28.8 Å². The van der Waals surface area contributed by atoms with Crippen molar-refractivity contribution < 1.29 is 0 Å². The van der Waals surface area contributed by atoms with Crippen LogP contribution in [0.25, 0.3) is 16.7 Å². The van der Waals surface area contributed by atoms with Crippen LogP contribution in [0.1, 0.15) is 19.4 Å². The fraction of sp³-hybridized carbons (Fsp3) is 0.100. The number of nitrogens with two attached hydrogens (primary N) is 1. The second kappa shape index (κ2) is 8.60. The molecule has 0 radical (unpaired) electrons. The molecule has 0 aliphatic rings. The Bertz CT molecular complexity index is 622. The van der Waals surface area contributed by atoms with Gasteiger partial charge in [-0.25, -0.2) is 0 Å². The monoisotopic (exact) mass is 277 g/mol. The number of benzene rings is 2. The molecule has 0 aliphatic carbocycles. The van der Waals surface area contributed by atoms with Crippen LogP contribution in [0.15, 0.2) is 79.9 Å². The third kappa shape index (κ3) is 4.22. The molecule has 0 fully saturated rings. The smallest absolute Gasteiger partial charge is 0.0394 e. The Labute approximate surface area is 128 Å². The first kappa shape index (κ1) is 16.5. The summed E-state index contributed by atoms with van der Waals surface area (Å²) in [5.74, 6) is 0. The van der Waals surface area contributed by atoms with Gasteiger partial charge in [0, 0.05) is 11.3 Å². The molecular formula is C20H23N. The number of nitrogen functional groups attached to an aromatic ring is 1. The largest absolute Gasteiger partial charge is 0.398 e. The van der Waals surface area contributed by atoms with Crippen LogP contribution in [0, 0.1) is 0 Å². The minimum atomic E-state index is 0.743. The first-order valence-electron chi connectivity index (χ1n) is 7.16. The van der Waals surface area contributed by atoms with E-state index in [4.69, 9.17) is 5.73 Å². The molecule has 0 unspecified atom stereocenters. The van der Waals surface area contributed by atoms with Gasteiger partial charge >= 0.3 is 0 Å². The molecule has 1 nitrogen and oxygen atoms in total. The maximum atomic E-state index is 6.05. The van der Waals surface area contributed by atoms with Crippen LogP contribution < -0.4 is 5.73 Å². The average molecular weight is 277 g/mol. The van der Waals surface area contributed by atoms with Gasteiger partial charge in [-0.15, -0.1) is 0 Å². The lowest BCUT2D eigenvalue weighted by molar-refractivity contribution is 1.50. The van der Waals surface area contributed by atoms with Crippen molar-refractivity contribution in [2.45, 2.75) is 13.8 Å². The number of rotatable bonds is 4. The fourth-order valence-electron chi connectivity index (χ4n) is 2.01. The van der Waals surface area contributed by atoms with E-state index in [2.05, 4.69) is 31.4 Å². The van der Waals surface area contributed by atoms with Crippen molar-refractivity contribution in [2.24, 2.45) is 0 Å². The molecular weight excluding hydrogens is 254 g/mol. The van der Waals surface area contributed by atoms with Crippen molar-refractivity contribution in [1.82, 2.24) is 0 Å². The van der Waals surface area contributed by atoms with Crippen molar-refractivity contribution in [3.63, 3.8) is 0 Å². The van der Waals surface area contributed by atoms with Crippen molar-refractivity contribution in [3.8, 4) is 11.1 Å². The fourth-order valence-corrected chi connectivity index (χ4v) is 2.01. The van der Waals surface area contributed by atoms with Gasteiger partial charge in [0.1, 0.15) is 0 Å². The molecule has 0 aromatic heterocycles. The molecule has 0 atom stereocenters. The van der Waals surface area contributed by atoms with Crippen LogP contribution in [-0.2, 0) is 0 Å². The van der Waals surface area contributed by atoms with Crippen LogP contribution in [0.2, 0.25) is 0 Å². The summed E-state index contributed by atoms with van der Waals surface area (Å²) in [6.45, 7) is 11.5. The molecule has 2 N–H and O–H groups in total. The Morgan fingerprint density at radius 1 is 0.952 bits per heavy atom. The van der Waals surface area contributed by atoms with Crippen molar-refractivity contribution >= 4 is 11.3 Å². The summed E-state index contributed by atoms with van der Waals surface area (Å²) in [4.78, 5) is 0. The van der Waals surface area contributed by atoms with Crippen LogP contribution in [0.3, 0.4) is 0 Å². The molecule has 108 valence electrons. The summed E-state index contributed by atoms with van der Waals surface area (Å²) in [5.41, 5.74) is 11.1. The quantitative estimate of drug-likeness (QED) is 0.561. The zero-order chi connectivity index (χ0) is 15.7. The van der Waals surface area contributed by atoms with Gasteiger partial charge in [-0.3, -0.25) is 0 Å². The molecule has 2 aromatic carbocycles. The van der Waals surface area contributed by atoms with Crippen molar-refractivity contribution in [1.29, 1.82) is 0 Å². The van der Waals surface area contributed by atoms with E-state index in [1.807, 2.05) is 50.3 Å². The highest BCUT2D eigenvalue weighted by atomic mass is 14.6. The highest BCUT2D eigenvalue weighted by molar-refractivity contribution is 5.84. The Balaban J connectivity index is 0.00000106. The molecule has 2 aromatic rings. The van der Waals surface area contributed by atoms with Gasteiger partial charge in [0.2, 0.25) is 0 Å². The second-order valence-electron chi connectivity index (χ2n) is 4.23. The molecule has 0 heterocycles. The summed E-state index contributed by atoms with van der Waals surface area (Å²) >= 11 is 0. The molecule has 2 rings (SSSR count). The van der Waals surface area contributed by atoms with Gasteiger partial charge in [-0.1, -0.05) is 81.6 Å². The molecule has 21 heavy (non-hydrogen) atoms. The summed E-state index contributed by atoms with van der Waals surface area (Å²) in [7, 11) is 0. The first-order valence-corrected chi connectivity index (χ1v) is 7.16. The van der Waals surface area contributed by atoms with Gasteiger partial charge in [-0.2, -0.15) is 0 Å².